The van der Waals surface area contributed by atoms with Gasteiger partial charge in [0.15, 0.2) is 0 Å². The van der Waals surface area contributed by atoms with Gasteiger partial charge in [0, 0.05) is 33.4 Å². The van der Waals surface area contributed by atoms with E-state index >= 15 is 0 Å². The van der Waals surface area contributed by atoms with Crippen LogP contribution < -0.4 is 4.74 Å². The molecule has 6 heteroatoms. The van der Waals surface area contributed by atoms with Crippen LogP contribution in [0.15, 0.2) is 65.9 Å². The maximum atomic E-state index is 6.08. The lowest BCUT2D eigenvalue weighted by Crippen LogP contribution is -1.91. The molecule has 0 spiro atoms. The van der Waals surface area contributed by atoms with Crippen molar-refractivity contribution in [1.82, 2.24) is 4.98 Å². The van der Waals surface area contributed by atoms with Crippen LogP contribution in [0.5, 0.6) is 11.6 Å². The van der Waals surface area contributed by atoms with Gasteiger partial charge in [0.2, 0.25) is 5.88 Å². The van der Waals surface area contributed by atoms with Crippen LogP contribution in [0.4, 0.5) is 0 Å². The molecule has 0 aliphatic rings. The molecule has 0 N–H and O–H groups in total. The third-order valence-corrected chi connectivity index (χ3v) is 4.10. The van der Waals surface area contributed by atoms with Gasteiger partial charge in [0.05, 0.1) is 6.21 Å². The van der Waals surface area contributed by atoms with Gasteiger partial charge in [0.1, 0.15) is 12.4 Å². The van der Waals surface area contributed by atoms with E-state index in [-0.39, 0.29) is 6.61 Å². The minimum atomic E-state index is 0.258. The van der Waals surface area contributed by atoms with Crippen molar-refractivity contribution in [3.63, 3.8) is 0 Å². The highest BCUT2D eigenvalue weighted by Gasteiger charge is 2.02. The van der Waals surface area contributed by atoms with E-state index in [9.17, 15) is 0 Å². The zero-order chi connectivity index (χ0) is 18.4. The number of aryl methyl sites for hydroxylation is 1. The third-order valence-electron chi connectivity index (χ3n) is 3.51. The smallest absolute Gasteiger partial charge is 0.219 e. The molecule has 132 valence electrons. The standard InChI is InChI=1S/C20H16Cl2N2O2/c1-14-2-7-18(8-3-14)26-20-9-4-15(11-23-20)12-24-25-13-16-5-6-17(21)10-19(16)22/h2-12H,13H2,1H3. The highest BCUT2D eigenvalue weighted by molar-refractivity contribution is 6.35. The fraction of sp³-hybridized carbons (Fsp3) is 0.100. The quantitative estimate of drug-likeness (QED) is 0.383. The second kappa shape index (κ2) is 8.70. The molecule has 1 heterocycles. The molecular formula is C20H16Cl2N2O2. The van der Waals surface area contributed by atoms with Gasteiger partial charge in [-0.3, -0.25) is 0 Å². The molecule has 2 aromatic carbocycles. The molecule has 0 saturated carbocycles. The van der Waals surface area contributed by atoms with Gasteiger partial charge in [0.25, 0.3) is 0 Å². The normalized spacial score (nSPS) is 10.9. The maximum Gasteiger partial charge on any atom is 0.219 e. The molecule has 0 fully saturated rings. The van der Waals surface area contributed by atoms with Gasteiger partial charge in [-0.05, 0) is 37.3 Å². The number of aromatic nitrogens is 1. The van der Waals surface area contributed by atoms with Crippen LogP contribution in [0.1, 0.15) is 16.7 Å². The van der Waals surface area contributed by atoms with Gasteiger partial charge in [-0.1, -0.05) is 52.1 Å². The molecule has 0 aliphatic heterocycles. The Morgan fingerprint density at radius 2 is 1.85 bits per heavy atom. The molecule has 0 aliphatic carbocycles. The Bertz CT molecular complexity index is 895. The topological polar surface area (TPSA) is 43.7 Å². The number of hydrogen-bond donors (Lipinski definition) is 0. The fourth-order valence-corrected chi connectivity index (χ4v) is 2.56. The van der Waals surface area contributed by atoms with E-state index in [1.165, 1.54) is 5.56 Å². The summed E-state index contributed by atoms with van der Waals surface area (Å²) in [5.41, 5.74) is 2.79. The van der Waals surface area contributed by atoms with Crippen molar-refractivity contribution < 1.29 is 9.57 Å². The largest absolute Gasteiger partial charge is 0.439 e. The Morgan fingerprint density at radius 1 is 1.04 bits per heavy atom. The first kappa shape index (κ1) is 18.2. The summed E-state index contributed by atoms with van der Waals surface area (Å²) in [4.78, 5) is 9.52. The molecule has 0 unspecified atom stereocenters. The molecule has 3 rings (SSSR count). The molecule has 4 nitrogen and oxygen atoms in total. The molecule has 26 heavy (non-hydrogen) atoms. The lowest BCUT2D eigenvalue weighted by molar-refractivity contribution is 0.132. The number of rotatable bonds is 6. The summed E-state index contributed by atoms with van der Waals surface area (Å²) >= 11 is 11.9. The zero-order valence-corrected chi connectivity index (χ0v) is 15.5. The van der Waals surface area contributed by atoms with Crippen LogP contribution in [-0.2, 0) is 11.4 Å². The van der Waals surface area contributed by atoms with Crippen molar-refractivity contribution in [2.24, 2.45) is 5.16 Å². The van der Waals surface area contributed by atoms with Crippen molar-refractivity contribution >= 4 is 29.4 Å². The molecule has 0 amide bonds. The van der Waals surface area contributed by atoms with Crippen molar-refractivity contribution in [3.05, 3.63) is 87.5 Å². The number of ether oxygens (including phenoxy) is 1. The minimum Gasteiger partial charge on any atom is -0.439 e. The van der Waals surface area contributed by atoms with E-state index in [4.69, 9.17) is 32.8 Å². The molecule has 0 saturated heterocycles. The van der Waals surface area contributed by atoms with Crippen LogP contribution in [-0.4, -0.2) is 11.2 Å². The van der Waals surface area contributed by atoms with E-state index in [1.807, 2.05) is 37.3 Å². The van der Waals surface area contributed by atoms with Crippen molar-refractivity contribution in [1.29, 1.82) is 0 Å². The number of oxime groups is 1. The number of benzene rings is 2. The summed E-state index contributed by atoms with van der Waals surface area (Å²) in [6, 6.07) is 16.6. The third kappa shape index (κ3) is 5.22. The van der Waals surface area contributed by atoms with Crippen molar-refractivity contribution in [3.8, 4) is 11.6 Å². The van der Waals surface area contributed by atoms with Gasteiger partial charge >= 0.3 is 0 Å². The van der Waals surface area contributed by atoms with Gasteiger partial charge < -0.3 is 9.57 Å². The van der Waals surface area contributed by atoms with E-state index < -0.39 is 0 Å². The highest BCUT2D eigenvalue weighted by atomic mass is 35.5. The molecule has 0 atom stereocenters. The first-order valence-corrected chi connectivity index (χ1v) is 8.65. The summed E-state index contributed by atoms with van der Waals surface area (Å²) in [5.74, 6) is 1.26. The van der Waals surface area contributed by atoms with Crippen LogP contribution in [0.25, 0.3) is 0 Å². The number of pyridine rings is 1. The molecule has 0 bridgehead atoms. The van der Waals surface area contributed by atoms with Crippen molar-refractivity contribution in [2.45, 2.75) is 13.5 Å². The summed E-state index contributed by atoms with van der Waals surface area (Å²) in [6.45, 7) is 2.29. The molecular weight excluding hydrogens is 371 g/mol. The second-order valence-electron chi connectivity index (χ2n) is 5.59. The molecule has 3 aromatic rings. The predicted molar refractivity (Wildman–Crippen MR) is 104 cm³/mol. The van der Waals surface area contributed by atoms with Crippen LogP contribution in [0.3, 0.4) is 0 Å². The lowest BCUT2D eigenvalue weighted by Gasteiger charge is -2.05. The average Bonchev–Trinajstić information content (AvgIpc) is 2.63. The SMILES string of the molecule is Cc1ccc(Oc2ccc(C=NOCc3ccc(Cl)cc3Cl)cn2)cc1. The van der Waals surface area contributed by atoms with E-state index in [1.54, 1.807) is 36.7 Å². The van der Waals surface area contributed by atoms with Crippen LogP contribution in [0.2, 0.25) is 10.0 Å². The first-order chi connectivity index (χ1) is 12.6. The average molecular weight is 387 g/mol. The predicted octanol–water partition coefficient (Wildman–Crippen LogP) is 6.04. The van der Waals surface area contributed by atoms with E-state index in [0.717, 1.165) is 16.9 Å². The maximum absolute atomic E-state index is 6.08. The van der Waals surface area contributed by atoms with Crippen molar-refractivity contribution in [2.75, 3.05) is 0 Å². The first-order valence-electron chi connectivity index (χ1n) is 7.90. The van der Waals surface area contributed by atoms with Crippen LogP contribution in [0, 0.1) is 6.92 Å². The zero-order valence-electron chi connectivity index (χ0n) is 14.0. The van der Waals surface area contributed by atoms with E-state index in [0.29, 0.717) is 15.9 Å². The van der Waals surface area contributed by atoms with Crippen LogP contribution >= 0.6 is 23.2 Å². The van der Waals surface area contributed by atoms with E-state index in [2.05, 4.69) is 10.1 Å². The summed E-state index contributed by atoms with van der Waals surface area (Å²) in [5, 5.41) is 5.06. The Morgan fingerprint density at radius 3 is 2.54 bits per heavy atom. The second-order valence-corrected chi connectivity index (χ2v) is 6.43. The Hall–Kier alpha value is -2.56. The summed E-state index contributed by atoms with van der Waals surface area (Å²) in [6.07, 6.45) is 3.23. The number of halogens is 2. The Balaban J connectivity index is 1.53. The summed E-state index contributed by atoms with van der Waals surface area (Å²) in [7, 11) is 0. The van der Waals surface area contributed by atoms with Gasteiger partial charge in [-0.15, -0.1) is 0 Å². The monoisotopic (exact) mass is 386 g/mol. The molecule has 0 radical (unpaired) electrons. The Labute approximate surface area is 162 Å². The number of nitrogens with zero attached hydrogens (tertiary/aromatic N) is 2. The van der Waals surface area contributed by atoms with Gasteiger partial charge in [-0.2, -0.15) is 0 Å². The minimum absolute atomic E-state index is 0.258. The molecule has 1 aromatic heterocycles. The summed E-state index contributed by atoms with van der Waals surface area (Å²) < 4.78 is 5.68. The Kier molecular flexibility index (Phi) is 6.10. The fourth-order valence-electron chi connectivity index (χ4n) is 2.10. The number of hydrogen-bond acceptors (Lipinski definition) is 4. The highest BCUT2D eigenvalue weighted by Crippen LogP contribution is 2.22. The van der Waals surface area contributed by atoms with Gasteiger partial charge in [-0.25, -0.2) is 4.98 Å². The lowest BCUT2D eigenvalue weighted by atomic mass is 10.2.